The standard InChI is InChI=1S/C10H3Cl2FN4O/c11-8-9(15-10(12)17-16-8)18-6-2-1-5(4-14)7(13)3-6/h1-3H. The third kappa shape index (κ3) is 2.64. The molecule has 1 aromatic heterocycles. The third-order valence-corrected chi connectivity index (χ3v) is 2.26. The van der Waals surface area contributed by atoms with Crippen LogP contribution in [0.3, 0.4) is 0 Å². The molecule has 0 aliphatic heterocycles. The Labute approximate surface area is 111 Å². The molecular weight excluding hydrogens is 282 g/mol. The van der Waals surface area contributed by atoms with Crippen molar-refractivity contribution in [2.75, 3.05) is 0 Å². The largest absolute Gasteiger partial charge is 0.436 e. The minimum absolute atomic E-state index is 0.0905. The number of benzene rings is 1. The highest BCUT2D eigenvalue weighted by Crippen LogP contribution is 2.26. The summed E-state index contributed by atoms with van der Waals surface area (Å²) in [7, 11) is 0. The monoisotopic (exact) mass is 284 g/mol. The number of nitriles is 1. The maximum atomic E-state index is 13.3. The van der Waals surface area contributed by atoms with Gasteiger partial charge in [-0.1, -0.05) is 11.6 Å². The molecule has 90 valence electrons. The Morgan fingerprint density at radius 2 is 2.06 bits per heavy atom. The Morgan fingerprint density at radius 3 is 2.72 bits per heavy atom. The summed E-state index contributed by atoms with van der Waals surface area (Å²) in [5.41, 5.74) is -0.0905. The molecule has 0 N–H and O–H groups in total. The lowest BCUT2D eigenvalue weighted by molar-refractivity contribution is 0.452. The van der Waals surface area contributed by atoms with E-state index in [1.54, 1.807) is 6.07 Å². The molecule has 0 saturated heterocycles. The maximum absolute atomic E-state index is 13.3. The molecule has 0 amide bonds. The molecule has 8 heteroatoms. The summed E-state index contributed by atoms with van der Waals surface area (Å²) in [5.74, 6) is -0.690. The Morgan fingerprint density at radius 1 is 1.28 bits per heavy atom. The predicted octanol–water partition coefficient (Wildman–Crippen LogP) is 2.98. The first kappa shape index (κ1) is 12.5. The first-order valence-electron chi connectivity index (χ1n) is 4.53. The fraction of sp³-hybridized carbons (Fsp3) is 0. The Balaban J connectivity index is 2.32. The van der Waals surface area contributed by atoms with Gasteiger partial charge in [-0.25, -0.2) is 4.39 Å². The highest BCUT2D eigenvalue weighted by Gasteiger charge is 2.10. The van der Waals surface area contributed by atoms with E-state index < -0.39 is 5.82 Å². The number of ether oxygens (including phenoxy) is 1. The predicted molar refractivity (Wildman–Crippen MR) is 61.0 cm³/mol. The first-order valence-corrected chi connectivity index (χ1v) is 5.29. The van der Waals surface area contributed by atoms with Crippen LogP contribution in [-0.2, 0) is 0 Å². The topological polar surface area (TPSA) is 71.7 Å². The quantitative estimate of drug-likeness (QED) is 0.848. The molecule has 0 spiro atoms. The molecule has 2 aromatic rings. The second-order valence-corrected chi connectivity index (χ2v) is 3.73. The van der Waals surface area contributed by atoms with Gasteiger partial charge >= 0.3 is 0 Å². The van der Waals surface area contributed by atoms with Crippen molar-refractivity contribution >= 4 is 23.2 Å². The molecule has 0 unspecified atom stereocenters. The van der Waals surface area contributed by atoms with Crippen LogP contribution in [0.25, 0.3) is 0 Å². The Hall–Kier alpha value is -1.97. The van der Waals surface area contributed by atoms with E-state index >= 15 is 0 Å². The summed E-state index contributed by atoms with van der Waals surface area (Å²) in [5, 5.41) is 15.2. The van der Waals surface area contributed by atoms with Gasteiger partial charge in [-0.3, -0.25) is 0 Å². The minimum atomic E-state index is -0.709. The number of nitrogens with zero attached hydrogens (tertiary/aromatic N) is 4. The average Bonchev–Trinajstić information content (AvgIpc) is 2.34. The molecule has 5 nitrogen and oxygen atoms in total. The van der Waals surface area contributed by atoms with Crippen LogP contribution in [0.4, 0.5) is 4.39 Å². The molecular formula is C10H3Cl2FN4O. The van der Waals surface area contributed by atoms with Gasteiger partial charge in [0.1, 0.15) is 17.6 Å². The normalized spacial score (nSPS) is 9.89. The highest BCUT2D eigenvalue weighted by molar-refractivity contribution is 6.31. The molecule has 1 aromatic carbocycles. The van der Waals surface area contributed by atoms with E-state index in [0.717, 1.165) is 6.07 Å². The molecule has 0 atom stereocenters. The highest BCUT2D eigenvalue weighted by atomic mass is 35.5. The second kappa shape index (κ2) is 5.12. The number of rotatable bonds is 2. The van der Waals surface area contributed by atoms with E-state index in [1.807, 2.05) is 0 Å². The summed E-state index contributed by atoms with van der Waals surface area (Å²) >= 11 is 11.2. The Bertz CT molecular complexity index is 644. The number of hydrogen-bond donors (Lipinski definition) is 0. The zero-order valence-electron chi connectivity index (χ0n) is 8.56. The van der Waals surface area contributed by atoms with Crippen molar-refractivity contribution in [2.24, 2.45) is 0 Å². The molecule has 0 aliphatic carbocycles. The molecule has 18 heavy (non-hydrogen) atoms. The summed E-state index contributed by atoms with van der Waals surface area (Å²) < 4.78 is 18.5. The van der Waals surface area contributed by atoms with E-state index in [4.69, 9.17) is 33.2 Å². The van der Waals surface area contributed by atoms with E-state index in [2.05, 4.69) is 15.2 Å². The van der Waals surface area contributed by atoms with Crippen LogP contribution in [0, 0.1) is 17.1 Å². The van der Waals surface area contributed by atoms with Gasteiger partial charge in [0, 0.05) is 6.07 Å². The van der Waals surface area contributed by atoms with Crippen molar-refractivity contribution in [1.29, 1.82) is 5.26 Å². The van der Waals surface area contributed by atoms with Crippen molar-refractivity contribution in [1.82, 2.24) is 15.2 Å². The lowest BCUT2D eigenvalue weighted by Crippen LogP contribution is -1.95. The average molecular weight is 285 g/mol. The minimum Gasteiger partial charge on any atom is -0.436 e. The van der Waals surface area contributed by atoms with Gasteiger partial charge in [-0.05, 0) is 23.7 Å². The third-order valence-electron chi connectivity index (χ3n) is 1.87. The maximum Gasteiger partial charge on any atom is 0.262 e. The lowest BCUT2D eigenvalue weighted by atomic mass is 10.2. The van der Waals surface area contributed by atoms with E-state index in [-0.39, 0.29) is 27.6 Å². The fourth-order valence-corrected chi connectivity index (χ4v) is 1.34. The molecule has 0 radical (unpaired) electrons. The fourth-order valence-electron chi connectivity index (χ4n) is 1.11. The van der Waals surface area contributed by atoms with Crippen LogP contribution in [0.1, 0.15) is 5.56 Å². The van der Waals surface area contributed by atoms with E-state index in [1.165, 1.54) is 12.1 Å². The van der Waals surface area contributed by atoms with Gasteiger partial charge in [0.2, 0.25) is 10.4 Å². The number of hydrogen-bond acceptors (Lipinski definition) is 5. The van der Waals surface area contributed by atoms with Crippen molar-refractivity contribution in [3.63, 3.8) is 0 Å². The van der Waals surface area contributed by atoms with Crippen molar-refractivity contribution < 1.29 is 9.13 Å². The van der Waals surface area contributed by atoms with Crippen molar-refractivity contribution in [2.45, 2.75) is 0 Å². The zero-order valence-corrected chi connectivity index (χ0v) is 10.1. The second-order valence-electron chi connectivity index (χ2n) is 3.03. The van der Waals surface area contributed by atoms with Crippen LogP contribution in [0.2, 0.25) is 10.4 Å². The first-order chi connectivity index (χ1) is 8.60. The van der Waals surface area contributed by atoms with Gasteiger partial charge in [0.25, 0.3) is 5.88 Å². The number of aromatic nitrogens is 3. The van der Waals surface area contributed by atoms with Crippen molar-refractivity contribution in [3.05, 3.63) is 40.0 Å². The lowest BCUT2D eigenvalue weighted by Gasteiger charge is -2.05. The molecule has 2 rings (SSSR count). The Kier molecular flexibility index (Phi) is 3.55. The summed E-state index contributed by atoms with van der Waals surface area (Å²) in [6.45, 7) is 0. The zero-order chi connectivity index (χ0) is 13.1. The van der Waals surface area contributed by atoms with E-state index in [0.29, 0.717) is 0 Å². The van der Waals surface area contributed by atoms with Crippen LogP contribution in [0.5, 0.6) is 11.6 Å². The molecule has 1 heterocycles. The smallest absolute Gasteiger partial charge is 0.262 e. The van der Waals surface area contributed by atoms with Gasteiger partial charge in [-0.15, -0.1) is 10.2 Å². The molecule has 0 fully saturated rings. The molecule has 0 bridgehead atoms. The van der Waals surface area contributed by atoms with Gasteiger partial charge in [-0.2, -0.15) is 10.2 Å². The van der Waals surface area contributed by atoms with Crippen LogP contribution in [-0.4, -0.2) is 15.2 Å². The SMILES string of the molecule is N#Cc1ccc(Oc2nc(Cl)nnc2Cl)cc1F. The molecule has 0 saturated carbocycles. The number of halogens is 3. The van der Waals surface area contributed by atoms with Crippen LogP contribution < -0.4 is 4.74 Å². The van der Waals surface area contributed by atoms with Gasteiger partial charge < -0.3 is 4.74 Å². The summed E-state index contributed by atoms with van der Waals surface area (Å²) in [6, 6.07) is 5.39. The van der Waals surface area contributed by atoms with Crippen molar-refractivity contribution in [3.8, 4) is 17.7 Å². The van der Waals surface area contributed by atoms with Crippen LogP contribution in [0.15, 0.2) is 18.2 Å². The van der Waals surface area contributed by atoms with Gasteiger partial charge in [0.05, 0.1) is 5.56 Å². The van der Waals surface area contributed by atoms with Gasteiger partial charge in [0.15, 0.2) is 0 Å². The molecule has 0 aliphatic rings. The summed E-state index contributed by atoms with van der Waals surface area (Å²) in [4.78, 5) is 3.69. The summed E-state index contributed by atoms with van der Waals surface area (Å²) in [6.07, 6.45) is 0. The van der Waals surface area contributed by atoms with Crippen LogP contribution >= 0.6 is 23.2 Å². The van der Waals surface area contributed by atoms with E-state index in [9.17, 15) is 4.39 Å².